The molecule has 1 aliphatic rings. The van der Waals surface area contributed by atoms with Gasteiger partial charge in [-0.1, -0.05) is 57.9 Å². The summed E-state index contributed by atoms with van der Waals surface area (Å²) in [5, 5.41) is 8.84. The van der Waals surface area contributed by atoms with E-state index >= 15 is 0 Å². The van der Waals surface area contributed by atoms with Crippen LogP contribution in [0.2, 0.25) is 0 Å². The molecule has 1 saturated carbocycles. The molecule has 22 heavy (non-hydrogen) atoms. The van der Waals surface area contributed by atoms with Gasteiger partial charge in [0.2, 0.25) is 0 Å². The average molecular weight is 306 g/mol. The molecular weight excluding hydrogens is 279 g/mol. The van der Waals surface area contributed by atoms with Gasteiger partial charge >= 0.3 is 5.97 Å². The van der Waals surface area contributed by atoms with Gasteiger partial charge in [-0.3, -0.25) is 0 Å². The van der Waals surface area contributed by atoms with Gasteiger partial charge in [0.15, 0.2) is 0 Å². The van der Waals surface area contributed by atoms with Crippen molar-refractivity contribution in [2.75, 3.05) is 0 Å². The molecule has 0 amide bonds. The maximum Gasteiger partial charge on any atom is 0.338 e. The highest BCUT2D eigenvalue weighted by molar-refractivity contribution is 5.87. The summed E-state index contributed by atoms with van der Waals surface area (Å²) in [5.41, 5.74) is 0.677. The predicted octanol–water partition coefficient (Wildman–Crippen LogP) is 5.45. The van der Waals surface area contributed by atoms with E-state index < -0.39 is 11.8 Å². The largest absolute Gasteiger partial charge is 0.478 e. The third-order valence-electron chi connectivity index (χ3n) is 5.04. The minimum absolute atomic E-state index is 0.236. The molecule has 0 bridgehead atoms. The summed E-state index contributed by atoms with van der Waals surface area (Å²) >= 11 is 0. The van der Waals surface area contributed by atoms with Crippen LogP contribution in [-0.4, -0.2) is 11.1 Å². The number of carboxylic acid groups (broad SMARTS) is 1. The minimum Gasteiger partial charge on any atom is -0.478 e. The van der Waals surface area contributed by atoms with E-state index in [0.717, 1.165) is 30.2 Å². The van der Waals surface area contributed by atoms with Crippen molar-refractivity contribution in [3.63, 3.8) is 0 Å². The average Bonchev–Trinajstić information content (AvgIpc) is 2.51. The van der Waals surface area contributed by atoms with E-state index in [1.165, 1.54) is 57.1 Å². The molecule has 0 heterocycles. The number of aromatic carboxylic acids is 1. The van der Waals surface area contributed by atoms with Gasteiger partial charge in [-0.15, -0.1) is 0 Å². The molecule has 2 nitrogen and oxygen atoms in total. The molecule has 1 N–H and O–H groups in total. The fourth-order valence-electron chi connectivity index (χ4n) is 3.56. The summed E-state index contributed by atoms with van der Waals surface area (Å²) in [6, 6.07) is 4.52. The van der Waals surface area contributed by atoms with Crippen LogP contribution in [0.15, 0.2) is 18.2 Å². The van der Waals surface area contributed by atoms with Crippen molar-refractivity contribution in [3.8, 4) is 0 Å². The molecule has 0 atom stereocenters. The molecule has 0 aliphatic heterocycles. The standard InChI is InChI=1S/C19H27FO2/c1-2-3-4-14-5-7-15(8-6-14)9-10-16-11-12-17(19(21)22)18(20)13-16/h11-15H,2-10H2,1H3,(H,21,22). The third kappa shape index (κ3) is 4.82. The van der Waals surface area contributed by atoms with Crippen LogP contribution >= 0.6 is 0 Å². The Hall–Kier alpha value is -1.38. The highest BCUT2D eigenvalue weighted by atomic mass is 19.1. The second-order valence-electron chi connectivity index (χ2n) is 6.69. The fourth-order valence-corrected chi connectivity index (χ4v) is 3.56. The van der Waals surface area contributed by atoms with Gasteiger partial charge in [0.1, 0.15) is 5.82 Å². The summed E-state index contributed by atoms with van der Waals surface area (Å²) in [4.78, 5) is 10.8. The summed E-state index contributed by atoms with van der Waals surface area (Å²) in [7, 11) is 0. The van der Waals surface area contributed by atoms with E-state index in [0.29, 0.717) is 0 Å². The summed E-state index contributed by atoms with van der Waals surface area (Å²) in [6.07, 6.45) is 11.2. The second-order valence-corrected chi connectivity index (χ2v) is 6.69. The molecule has 2 rings (SSSR count). The molecule has 1 aliphatic carbocycles. The third-order valence-corrected chi connectivity index (χ3v) is 5.04. The Balaban J connectivity index is 1.77. The molecule has 0 saturated heterocycles. The highest BCUT2D eigenvalue weighted by Gasteiger charge is 2.20. The van der Waals surface area contributed by atoms with Crippen LogP contribution in [0.1, 0.15) is 74.2 Å². The lowest BCUT2D eigenvalue weighted by Gasteiger charge is -2.28. The smallest absolute Gasteiger partial charge is 0.338 e. The van der Waals surface area contributed by atoms with E-state index in [9.17, 15) is 9.18 Å². The first-order valence-corrected chi connectivity index (χ1v) is 8.61. The van der Waals surface area contributed by atoms with E-state index in [4.69, 9.17) is 5.11 Å². The number of carboxylic acids is 1. The van der Waals surface area contributed by atoms with Gasteiger partial charge in [0.05, 0.1) is 5.56 Å². The number of unbranched alkanes of at least 4 members (excludes halogenated alkanes) is 1. The van der Waals surface area contributed by atoms with Crippen molar-refractivity contribution in [1.82, 2.24) is 0 Å². The first-order valence-electron chi connectivity index (χ1n) is 8.61. The minimum atomic E-state index is -1.20. The van der Waals surface area contributed by atoms with Gasteiger partial charge in [-0.25, -0.2) is 9.18 Å². The van der Waals surface area contributed by atoms with Crippen LogP contribution in [0.5, 0.6) is 0 Å². The Kier molecular flexibility index (Phi) is 6.41. The Morgan fingerprint density at radius 1 is 1.18 bits per heavy atom. The molecular formula is C19H27FO2. The topological polar surface area (TPSA) is 37.3 Å². The number of carbonyl (C=O) groups is 1. The van der Waals surface area contributed by atoms with Gasteiger partial charge in [-0.05, 0) is 42.4 Å². The van der Waals surface area contributed by atoms with Crippen LogP contribution < -0.4 is 0 Å². The number of hydrogen-bond acceptors (Lipinski definition) is 1. The van der Waals surface area contributed by atoms with Crippen molar-refractivity contribution in [2.45, 2.75) is 64.7 Å². The number of benzene rings is 1. The van der Waals surface area contributed by atoms with Crippen LogP contribution in [0.4, 0.5) is 4.39 Å². The van der Waals surface area contributed by atoms with Gasteiger partial charge in [-0.2, -0.15) is 0 Å². The quantitative estimate of drug-likeness (QED) is 0.727. The molecule has 0 aromatic heterocycles. The first kappa shape index (κ1) is 17.0. The molecule has 1 aromatic carbocycles. The molecule has 1 fully saturated rings. The maximum atomic E-state index is 13.7. The molecule has 0 unspecified atom stereocenters. The zero-order chi connectivity index (χ0) is 15.9. The van der Waals surface area contributed by atoms with Crippen molar-refractivity contribution in [3.05, 3.63) is 35.1 Å². The summed E-state index contributed by atoms with van der Waals surface area (Å²) in [6.45, 7) is 2.25. The van der Waals surface area contributed by atoms with E-state index in [2.05, 4.69) is 6.92 Å². The van der Waals surface area contributed by atoms with Crippen molar-refractivity contribution in [2.24, 2.45) is 11.8 Å². The Morgan fingerprint density at radius 3 is 2.36 bits per heavy atom. The highest BCUT2D eigenvalue weighted by Crippen LogP contribution is 2.34. The van der Waals surface area contributed by atoms with Crippen molar-refractivity contribution < 1.29 is 14.3 Å². The van der Waals surface area contributed by atoms with Gasteiger partial charge in [0.25, 0.3) is 0 Å². The van der Waals surface area contributed by atoms with E-state index in [1.807, 2.05) is 0 Å². The fraction of sp³-hybridized carbons (Fsp3) is 0.632. The van der Waals surface area contributed by atoms with E-state index in [1.54, 1.807) is 6.07 Å². The Bertz CT molecular complexity index is 490. The lowest BCUT2D eigenvalue weighted by Crippen LogP contribution is -2.15. The molecule has 1 aromatic rings. The van der Waals surface area contributed by atoms with Crippen LogP contribution in [0, 0.1) is 17.7 Å². The van der Waals surface area contributed by atoms with Crippen molar-refractivity contribution in [1.29, 1.82) is 0 Å². The summed E-state index contributed by atoms with van der Waals surface area (Å²) < 4.78 is 13.7. The van der Waals surface area contributed by atoms with Gasteiger partial charge in [0, 0.05) is 0 Å². The number of halogens is 1. The lowest BCUT2D eigenvalue weighted by molar-refractivity contribution is 0.0692. The Morgan fingerprint density at radius 2 is 1.82 bits per heavy atom. The van der Waals surface area contributed by atoms with Gasteiger partial charge < -0.3 is 5.11 Å². The predicted molar refractivity (Wildman–Crippen MR) is 86.7 cm³/mol. The van der Waals surface area contributed by atoms with Crippen LogP contribution in [-0.2, 0) is 6.42 Å². The molecule has 3 heteroatoms. The zero-order valence-electron chi connectivity index (χ0n) is 13.5. The van der Waals surface area contributed by atoms with Crippen LogP contribution in [0.25, 0.3) is 0 Å². The summed E-state index contributed by atoms with van der Waals surface area (Å²) in [5.74, 6) is -0.147. The monoisotopic (exact) mass is 306 g/mol. The SMILES string of the molecule is CCCCC1CCC(CCc2ccc(C(=O)O)c(F)c2)CC1. The maximum absolute atomic E-state index is 13.7. The lowest BCUT2D eigenvalue weighted by atomic mass is 9.78. The number of rotatable bonds is 7. The Labute approximate surface area is 132 Å². The van der Waals surface area contributed by atoms with Crippen LogP contribution in [0.3, 0.4) is 0 Å². The molecule has 0 spiro atoms. The van der Waals surface area contributed by atoms with E-state index in [-0.39, 0.29) is 5.56 Å². The zero-order valence-corrected chi connectivity index (χ0v) is 13.5. The second kappa shape index (κ2) is 8.30. The first-order chi connectivity index (χ1) is 10.6. The molecule has 0 radical (unpaired) electrons. The molecule has 122 valence electrons. The number of hydrogen-bond donors (Lipinski definition) is 1. The normalized spacial score (nSPS) is 21.7. The van der Waals surface area contributed by atoms with Crippen molar-refractivity contribution >= 4 is 5.97 Å². The number of aryl methyl sites for hydroxylation is 1.